The van der Waals surface area contributed by atoms with Gasteiger partial charge in [-0.1, -0.05) is 0 Å². The van der Waals surface area contributed by atoms with Gasteiger partial charge in [0.1, 0.15) is 5.75 Å². The Morgan fingerprint density at radius 1 is 1.33 bits per heavy atom. The molecule has 94 valence electrons. The van der Waals surface area contributed by atoms with E-state index < -0.39 is 22.8 Å². The zero-order valence-corrected chi connectivity index (χ0v) is 8.98. The highest BCUT2D eigenvalue weighted by molar-refractivity contribution is 6.03. The summed E-state index contributed by atoms with van der Waals surface area (Å²) < 4.78 is 5.17. The number of hydroxylamine groups is 2. The molecular formula is C10H8N2O6. The number of imide groups is 1. The normalized spacial score (nSPS) is 19.2. The molecule has 0 saturated carbocycles. The smallest absolute Gasteiger partial charge is 0.294 e. The van der Waals surface area contributed by atoms with Crippen molar-refractivity contribution in [3.8, 4) is 5.75 Å². The highest BCUT2D eigenvalue weighted by atomic mass is 16.6. The van der Waals surface area contributed by atoms with Crippen LogP contribution in [0.3, 0.4) is 0 Å². The molecule has 1 aromatic rings. The Balaban J connectivity index is 2.08. The third kappa shape index (κ3) is 2.13. The van der Waals surface area contributed by atoms with Crippen molar-refractivity contribution in [2.45, 2.75) is 12.5 Å². The van der Waals surface area contributed by atoms with Crippen LogP contribution in [0.2, 0.25) is 0 Å². The molecular weight excluding hydrogens is 244 g/mol. The van der Waals surface area contributed by atoms with Crippen LogP contribution < -0.4 is 4.74 Å². The summed E-state index contributed by atoms with van der Waals surface area (Å²) in [5.74, 6) is -1.38. The zero-order valence-electron chi connectivity index (χ0n) is 8.98. The number of hydrogen-bond acceptors (Lipinski definition) is 6. The minimum absolute atomic E-state index is 0.00998. The zero-order chi connectivity index (χ0) is 13.3. The van der Waals surface area contributed by atoms with Crippen LogP contribution in [-0.4, -0.2) is 33.1 Å². The molecule has 8 nitrogen and oxygen atoms in total. The summed E-state index contributed by atoms with van der Waals surface area (Å²) in [5, 5.41) is 19.4. The summed E-state index contributed by atoms with van der Waals surface area (Å²) >= 11 is 0. The van der Waals surface area contributed by atoms with Crippen molar-refractivity contribution in [2.24, 2.45) is 0 Å². The first-order chi connectivity index (χ1) is 8.49. The summed E-state index contributed by atoms with van der Waals surface area (Å²) in [6.45, 7) is 0. The van der Waals surface area contributed by atoms with E-state index >= 15 is 0 Å². The van der Waals surface area contributed by atoms with Crippen LogP contribution >= 0.6 is 0 Å². The Hall–Kier alpha value is -2.48. The van der Waals surface area contributed by atoms with Gasteiger partial charge in [-0.25, -0.2) is 0 Å². The molecule has 1 atom stereocenters. The third-order valence-electron chi connectivity index (χ3n) is 2.41. The Labute approximate surface area is 100 Å². The van der Waals surface area contributed by atoms with E-state index in [-0.39, 0.29) is 22.9 Å². The Bertz CT molecular complexity index is 512. The highest BCUT2D eigenvalue weighted by Gasteiger charge is 2.39. The molecule has 1 aromatic carbocycles. The fraction of sp³-hybridized carbons (Fsp3) is 0.200. The number of ether oxygens (including phenoxy) is 1. The number of benzene rings is 1. The molecule has 0 aliphatic carbocycles. The lowest BCUT2D eigenvalue weighted by Crippen LogP contribution is -2.31. The van der Waals surface area contributed by atoms with Crippen molar-refractivity contribution in [1.82, 2.24) is 5.06 Å². The van der Waals surface area contributed by atoms with E-state index in [4.69, 9.17) is 9.94 Å². The van der Waals surface area contributed by atoms with Crippen molar-refractivity contribution < 1.29 is 24.5 Å². The van der Waals surface area contributed by atoms with Crippen molar-refractivity contribution in [3.05, 3.63) is 34.4 Å². The standard InChI is InChI=1S/C10H8N2O6/c13-9-5-8(10(14)11(9)15)18-7-3-1-6(2-4-7)12(16)17/h1-4,8,15H,5H2. The van der Waals surface area contributed by atoms with Crippen LogP contribution in [0, 0.1) is 10.1 Å². The molecule has 0 radical (unpaired) electrons. The molecule has 0 bridgehead atoms. The Kier molecular flexibility index (Phi) is 2.94. The van der Waals surface area contributed by atoms with Crippen LogP contribution in [0.4, 0.5) is 5.69 Å². The molecule has 1 unspecified atom stereocenters. The topological polar surface area (TPSA) is 110 Å². The van der Waals surface area contributed by atoms with Gasteiger partial charge in [-0.05, 0) is 12.1 Å². The number of rotatable bonds is 3. The number of non-ortho nitro benzene ring substituents is 1. The van der Waals surface area contributed by atoms with Crippen LogP contribution in [-0.2, 0) is 9.59 Å². The number of carbonyl (C=O) groups is 2. The van der Waals surface area contributed by atoms with Gasteiger partial charge in [0.25, 0.3) is 17.5 Å². The van der Waals surface area contributed by atoms with Gasteiger partial charge >= 0.3 is 0 Å². The van der Waals surface area contributed by atoms with E-state index in [1.54, 1.807) is 0 Å². The van der Waals surface area contributed by atoms with E-state index in [1.165, 1.54) is 24.3 Å². The second-order valence-corrected chi connectivity index (χ2v) is 3.61. The maximum atomic E-state index is 11.3. The Morgan fingerprint density at radius 3 is 2.39 bits per heavy atom. The first-order valence-electron chi connectivity index (χ1n) is 4.96. The molecule has 1 aliphatic heterocycles. The molecule has 8 heteroatoms. The van der Waals surface area contributed by atoms with Crippen molar-refractivity contribution in [2.75, 3.05) is 0 Å². The molecule has 1 aliphatic rings. The van der Waals surface area contributed by atoms with E-state index in [9.17, 15) is 19.7 Å². The summed E-state index contributed by atoms with van der Waals surface area (Å²) in [7, 11) is 0. The van der Waals surface area contributed by atoms with E-state index in [0.29, 0.717) is 0 Å². The number of amides is 2. The maximum Gasteiger partial charge on any atom is 0.294 e. The molecule has 18 heavy (non-hydrogen) atoms. The second-order valence-electron chi connectivity index (χ2n) is 3.61. The molecule has 0 aromatic heterocycles. The van der Waals surface area contributed by atoms with E-state index in [0.717, 1.165) is 0 Å². The second kappa shape index (κ2) is 4.41. The summed E-state index contributed by atoms with van der Waals surface area (Å²) in [5.41, 5.74) is -0.111. The monoisotopic (exact) mass is 252 g/mol. The third-order valence-corrected chi connectivity index (χ3v) is 2.41. The van der Waals surface area contributed by atoms with Crippen LogP contribution in [0.25, 0.3) is 0 Å². The minimum Gasteiger partial charge on any atom is -0.480 e. The largest absolute Gasteiger partial charge is 0.480 e. The van der Waals surface area contributed by atoms with Gasteiger partial charge in [0, 0.05) is 12.1 Å². The summed E-state index contributed by atoms with van der Waals surface area (Å²) in [6.07, 6.45) is -1.35. The van der Waals surface area contributed by atoms with Gasteiger partial charge in [-0.15, -0.1) is 0 Å². The minimum atomic E-state index is -1.09. The number of nitrogens with zero attached hydrogens (tertiary/aromatic N) is 2. The van der Waals surface area contributed by atoms with Crippen molar-refractivity contribution in [1.29, 1.82) is 0 Å². The van der Waals surface area contributed by atoms with Gasteiger partial charge in [0.15, 0.2) is 6.10 Å². The molecule has 2 rings (SSSR count). The van der Waals surface area contributed by atoms with Gasteiger partial charge < -0.3 is 4.74 Å². The maximum absolute atomic E-state index is 11.3. The average Bonchev–Trinajstić information content (AvgIpc) is 2.58. The van der Waals surface area contributed by atoms with Crippen LogP contribution in [0.5, 0.6) is 5.75 Å². The number of hydrogen-bond donors (Lipinski definition) is 1. The molecule has 1 heterocycles. The molecule has 1 saturated heterocycles. The van der Waals surface area contributed by atoms with E-state index in [1.807, 2.05) is 0 Å². The Morgan fingerprint density at radius 2 is 1.94 bits per heavy atom. The fourth-order valence-corrected chi connectivity index (χ4v) is 1.49. The highest BCUT2D eigenvalue weighted by Crippen LogP contribution is 2.22. The van der Waals surface area contributed by atoms with Crippen molar-refractivity contribution >= 4 is 17.5 Å². The molecule has 1 N–H and O–H groups in total. The predicted octanol–water partition coefficient (Wildman–Crippen LogP) is 0.490. The van der Waals surface area contributed by atoms with Gasteiger partial charge in [0.05, 0.1) is 11.3 Å². The van der Waals surface area contributed by atoms with Crippen LogP contribution in [0.15, 0.2) is 24.3 Å². The number of carbonyl (C=O) groups excluding carboxylic acids is 2. The quantitative estimate of drug-likeness (QED) is 0.363. The molecule has 0 spiro atoms. The lowest BCUT2D eigenvalue weighted by Gasteiger charge is -2.10. The van der Waals surface area contributed by atoms with Crippen molar-refractivity contribution in [3.63, 3.8) is 0 Å². The summed E-state index contributed by atoms with van der Waals surface area (Å²) in [4.78, 5) is 32.2. The van der Waals surface area contributed by atoms with E-state index in [2.05, 4.69) is 0 Å². The van der Waals surface area contributed by atoms with Gasteiger partial charge in [-0.3, -0.25) is 24.9 Å². The first kappa shape index (κ1) is 12.0. The first-order valence-corrected chi connectivity index (χ1v) is 4.96. The lowest BCUT2D eigenvalue weighted by atomic mass is 10.3. The molecule has 1 fully saturated rings. The lowest BCUT2D eigenvalue weighted by molar-refractivity contribution is -0.384. The SMILES string of the molecule is O=C1CC(Oc2ccc([N+](=O)[O-])cc2)C(=O)N1O. The number of nitro benzene ring substituents is 1. The number of nitro groups is 1. The average molecular weight is 252 g/mol. The predicted molar refractivity (Wildman–Crippen MR) is 55.8 cm³/mol. The summed E-state index contributed by atoms with van der Waals surface area (Å²) in [6, 6.07) is 5.06. The van der Waals surface area contributed by atoms with Gasteiger partial charge in [-0.2, -0.15) is 5.06 Å². The molecule has 2 amide bonds. The van der Waals surface area contributed by atoms with Gasteiger partial charge in [0.2, 0.25) is 0 Å². The fourth-order valence-electron chi connectivity index (χ4n) is 1.49. The van der Waals surface area contributed by atoms with Crippen LogP contribution in [0.1, 0.15) is 6.42 Å².